The molecule has 1 heterocycles. The first-order valence-electron chi connectivity index (χ1n) is 5.86. The largest absolute Gasteiger partial charge is 0.361 e. The van der Waals surface area contributed by atoms with Crippen molar-refractivity contribution in [1.29, 1.82) is 5.26 Å². The summed E-state index contributed by atoms with van der Waals surface area (Å²) in [5.74, 6) is 0.157. The molecular weight excluding hydrogens is 243 g/mol. The van der Waals surface area contributed by atoms with Gasteiger partial charge in [0.2, 0.25) is 0 Å². The molecule has 1 aromatic heterocycles. The zero-order chi connectivity index (χ0) is 13.8. The first-order valence-corrected chi connectivity index (χ1v) is 5.86. The average molecular weight is 256 g/mol. The number of benzene rings is 1. The van der Waals surface area contributed by atoms with Gasteiger partial charge in [-0.1, -0.05) is 12.1 Å². The third kappa shape index (κ3) is 2.86. The molecule has 4 nitrogen and oxygen atoms in total. The molecule has 1 atom stereocenters. The van der Waals surface area contributed by atoms with Crippen molar-refractivity contribution in [2.45, 2.75) is 19.9 Å². The van der Waals surface area contributed by atoms with Crippen molar-refractivity contribution < 1.29 is 4.39 Å². The van der Waals surface area contributed by atoms with Crippen molar-refractivity contribution in [3.63, 3.8) is 0 Å². The Balaban J connectivity index is 2.23. The molecule has 96 valence electrons. The molecule has 5 heteroatoms. The van der Waals surface area contributed by atoms with Crippen LogP contribution in [0, 0.1) is 24.1 Å². The van der Waals surface area contributed by atoms with E-state index in [0.29, 0.717) is 16.9 Å². The molecule has 19 heavy (non-hydrogen) atoms. The first kappa shape index (κ1) is 13.0. The monoisotopic (exact) mass is 256 g/mol. The van der Waals surface area contributed by atoms with E-state index in [-0.39, 0.29) is 11.9 Å². The molecule has 1 N–H and O–H groups in total. The van der Waals surface area contributed by atoms with Crippen molar-refractivity contribution in [1.82, 2.24) is 10.2 Å². The van der Waals surface area contributed by atoms with Gasteiger partial charge in [-0.05, 0) is 37.1 Å². The minimum atomic E-state index is -0.245. The Morgan fingerprint density at radius 1 is 1.37 bits per heavy atom. The fourth-order valence-corrected chi connectivity index (χ4v) is 1.70. The number of aryl methyl sites for hydroxylation is 1. The van der Waals surface area contributed by atoms with E-state index in [1.807, 2.05) is 19.1 Å². The highest BCUT2D eigenvalue weighted by Gasteiger charge is 2.11. The number of aromatic nitrogens is 2. The van der Waals surface area contributed by atoms with Crippen LogP contribution in [0.25, 0.3) is 0 Å². The molecule has 1 unspecified atom stereocenters. The Morgan fingerprint density at radius 3 is 2.84 bits per heavy atom. The third-order valence-electron chi connectivity index (χ3n) is 2.89. The van der Waals surface area contributed by atoms with Gasteiger partial charge in [-0.2, -0.15) is 10.4 Å². The molecule has 2 rings (SSSR count). The lowest BCUT2D eigenvalue weighted by Crippen LogP contribution is -2.10. The second-order valence-corrected chi connectivity index (χ2v) is 4.28. The smallest absolute Gasteiger partial charge is 0.167 e. The minimum Gasteiger partial charge on any atom is -0.361 e. The molecule has 0 saturated carbocycles. The molecular formula is C14H13FN4. The lowest BCUT2D eigenvalue weighted by molar-refractivity contribution is 0.614. The highest BCUT2D eigenvalue weighted by molar-refractivity contribution is 5.51. The average Bonchev–Trinajstić information content (AvgIpc) is 2.42. The maximum absolute atomic E-state index is 13.5. The standard InChI is InChI=1S/C14H13FN4/c1-9-3-4-11(7-13(9)15)10(2)18-14-12(8-16)5-6-17-19-14/h3-7,10H,1-2H3,(H,18,19). The number of nitrogens with one attached hydrogen (secondary N) is 1. The van der Waals surface area contributed by atoms with Crippen molar-refractivity contribution in [3.05, 3.63) is 53.0 Å². The van der Waals surface area contributed by atoms with Gasteiger partial charge in [0.1, 0.15) is 11.9 Å². The summed E-state index contributed by atoms with van der Waals surface area (Å²) in [5.41, 5.74) is 1.81. The molecule has 0 bridgehead atoms. The number of rotatable bonds is 3. The Bertz CT molecular complexity index is 634. The zero-order valence-electron chi connectivity index (χ0n) is 10.7. The summed E-state index contributed by atoms with van der Waals surface area (Å²) in [5, 5.41) is 19.6. The SMILES string of the molecule is Cc1ccc(C(C)Nc2nnccc2C#N)cc1F. The molecule has 0 saturated heterocycles. The van der Waals surface area contributed by atoms with E-state index >= 15 is 0 Å². The third-order valence-corrected chi connectivity index (χ3v) is 2.89. The van der Waals surface area contributed by atoms with E-state index in [4.69, 9.17) is 5.26 Å². The van der Waals surface area contributed by atoms with Gasteiger partial charge in [-0.15, -0.1) is 5.10 Å². The summed E-state index contributed by atoms with van der Waals surface area (Å²) in [6, 6.07) is 8.50. The van der Waals surface area contributed by atoms with Crippen LogP contribution in [-0.2, 0) is 0 Å². The van der Waals surface area contributed by atoms with Gasteiger partial charge in [0.25, 0.3) is 0 Å². The summed E-state index contributed by atoms with van der Waals surface area (Å²) in [6.45, 7) is 3.59. The molecule has 1 aromatic carbocycles. The van der Waals surface area contributed by atoms with Crippen LogP contribution in [0.3, 0.4) is 0 Å². The Labute approximate surface area is 110 Å². The molecule has 0 spiro atoms. The lowest BCUT2D eigenvalue weighted by atomic mass is 10.1. The topological polar surface area (TPSA) is 61.6 Å². The maximum atomic E-state index is 13.5. The van der Waals surface area contributed by atoms with Crippen LogP contribution in [0.1, 0.15) is 29.7 Å². The lowest BCUT2D eigenvalue weighted by Gasteiger charge is -2.15. The summed E-state index contributed by atoms with van der Waals surface area (Å²) in [7, 11) is 0. The molecule has 0 amide bonds. The van der Waals surface area contributed by atoms with Gasteiger partial charge in [0.15, 0.2) is 5.82 Å². The van der Waals surface area contributed by atoms with Crippen LogP contribution in [0.2, 0.25) is 0 Å². The van der Waals surface area contributed by atoms with E-state index in [2.05, 4.69) is 15.5 Å². The Morgan fingerprint density at radius 2 is 2.16 bits per heavy atom. The van der Waals surface area contributed by atoms with E-state index in [1.54, 1.807) is 19.1 Å². The van der Waals surface area contributed by atoms with Crippen LogP contribution in [0.4, 0.5) is 10.2 Å². The zero-order valence-corrected chi connectivity index (χ0v) is 10.7. The molecule has 0 radical (unpaired) electrons. The maximum Gasteiger partial charge on any atom is 0.167 e. The molecule has 0 aliphatic carbocycles. The number of halogens is 1. The second-order valence-electron chi connectivity index (χ2n) is 4.28. The van der Waals surface area contributed by atoms with E-state index in [0.717, 1.165) is 5.56 Å². The van der Waals surface area contributed by atoms with Crippen molar-refractivity contribution >= 4 is 5.82 Å². The fourth-order valence-electron chi connectivity index (χ4n) is 1.70. The summed E-state index contributed by atoms with van der Waals surface area (Å²) in [6.07, 6.45) is 1.46. The Hall–Kier alpha value is -2.48. The number of anilines is 1. The van der Waals surface area contributed by atoms with E-state index in [1.165, 1.54) is 12.3 Å². The van der Waals surface area contributed by atoms with Crippen LogP contribution >= 0.6 is 0 Å². The van der Waals surface area contributed by atoms with Crippen LogP contribution < -0.4 is 5.32 Å². The summed E-state index contributed by atoms with van der Waals surface area (Å²) >= 11 is 0. The fraction of sp³-hybridized carbons (Fsp3) is 0.214. The van der Waals surface area contributed by atoms with Gasteiger partial charge >= 0.3 is 0 Å². The van der Waals surface area contributed by atoms with Crippen LogP contribution in [0.15, 0.2) is 30.5 Å². The molecule has 2 aromatic rings. The van der Waals surface area contributed by atoms with Gasteiger partial charge in [-0.3, -0.25) is 0 Å². The normalized spacial score (nSPS) is 11.7. The van der Waals surface area contributed by atoms with Gasteiger partial charge in [0, 0.05) is 0 Å². The number of nitrogens with zero attached hydrogens (tertiary/aromatic N) is 3. The van der Waals surface area contributed by atoms with Crippen molar-refractivity contribution in [3.8, 4) is 6.07 Å². The van der Waals surface area contributed by atoms with Crippen molar-refractivity contribution in [2.75, 3.05) is 5.32 Å². The van der Waals surface area contributed by atoms with Crippen molar-refractivity contribution in [2.24, 2.45) is 0 Å². The summed E-state index contributed by atoms with van der Waals surface area (Å²) < 4.78 is 13.5. The molecule has 0 aliphatic rings. The first-order chi connectivity index (χ1) is 9.11. The van der Waals surface area contributed by atoms with Gasteiger partial charge in [0.05, 0.1) is 17.8 Å². The number of hydrogen-bond donors (Lipinski definition) is 1. The highest BCUT2D eigenvalue weighted by atomic mass is 19.1. The Kier molecular flexibility index (Phi) is 3.71. The number of nitriles is 1. The van der Waals surface area contributed by atoms with E-state index in [9.17, 15) is 4.39 Å². The van der Waals surface area contributed by atoms with Crippen LogP contribution in [0.5, 0.6) is 0 Å². The predicted octanol–water partition coefficient (Wildman–Crippen LogP) is 2.97. The van der Waals surface area contributed by atoms with E-state index < -0.39 is 0 Å². The quantitative estimate of drug-likeness (QED) is 0.917. The van der Waals surface area contributed by atoms with Gasteiger partial charge < -0.3 is 5.32 Å². The second kappa shape index (κ2) is 5.44. The minimum absolute atomic E-state index is 0.168. The predicted molar refractivity (Wildman–Crippen MR) is 69.9 cm³/mol. The molecule has 0 aliphatic heterocycles. The summed E-state index contributed by atoms with van der Waals surface area (Å²) in [4.78, 5) is 0. The van der Waals surface area contributed by atoms with Crippen LogP contribution in [-0.4, -0.2) is 10.2 Å². The van der Waals surface area contributed by atoms with Gasteiger partial charge in [-0.25, -0.2) is 4.39 Å². The molecule has 0 fully saturated rings. The number of hydrogen-bond acceptors (Lipinski definition) is 4. The highest BCUT2D eigenvalue weighted by Crippen LogP contribution is 2.21.